The van der Waals surface area contributed by atoms with E-state index in [0.29, 0.717) is 31.1 Å². The van der Waals surface area contributed by atoms with Gasteiger partial charge in [-0.15, -0.1) is 0 Å². The van der Waals surface area contributed by atoms with Crippen LogP contribution in [0.1, 0.15) is 18.4 Å². The van der Waals surface area contributed by atoms with Gasteiger partial charge >= 0.3 is 0 Å². The van der Waals surface area contributed by atoms with Crippen LogP contribution in [0, 0.1) is 0 Å². The lowest BCUT2D eigenvalue weighted by molar-refractivity contribution is -0.132. The zero-order valence-corrected chi connectivity index (χ0v) is 16.7. The van der Waals surface area contributed by atoms with Gasteiger partial charge in [-0.2, -0.15) is 0 Å². The number of rotatable bonds is 6. The highest BCUT2D eigenvalue weighted by atomic mass is 16.5. The molecule has 2 aliphatic heterocycles. The molecule has 2 heterocycles. The van der Waals surface area contributed by atoms with E-state index in [1.54, 1.807) is 26.4 Å². The van der Waals surface area contributed by atoms with Gasteiger partial charge in [-0.25, -0.2) is 0 Å². The normalized spacial score (nSPS) is 17.9. The van der Waals surface area contributed by atoms with E-state index in [0.717, 1.165) is 44.6 Å². The number of hydrogen-bond acceptors (Lipinski definition) is 5. The Morgan fingerprint density at radius 3 is 2.32 bits per heavy atom. The first-order chi connectivity index (χ1) is 13.6. The Balaban J connectivity index is 1.51. The van der Waals surface area contributed by atoms with Crippen molar-refractivity contribution in [1.82, 2.24) is 14.7 Å². The van der Waals surface area contributed by atoms with E-state index in [4.69, 9.17) is 9.47 Å². The first-order valence-corrected chi connectivity index (χ1v) is 9.80. The fraction of sp³-hybridized carbons (Fsp3) is 0.524. The molecule has 2 amide bonds. The van der Waals surface area contributed by atoms with Crippen LogP contribution in [0.2, 0.25) is 0 Å². The van der Waals surface area contributed by atoms with E-state index >= 15 is 0 Å². The van der Waals surface area contributed by atoms with E-state index in [-0.39, 0.29) is 11.8 Å². The third-order valence-electron chi connectivity index (χ3n) is 5.34. The van der Waals surface area contributed by atoms with Gasteiger partial charge in [0.1, 0.15) is 0 Å². The number of amides is 2. The Bertz CT molecular complexity index is 720. The summed E-state index contributed by atoms with van der Waals surface area (Å²) in [4.78, 5) is 30.7. The van der Waals surface area contributed by atoms with Crippen molar-refractivity contribution in [2.24, 2.45) is 0 Å². The fourth-order valence-corrected chi connectivity index (χ4v) is 3.69. The van der Waals surface area contributed by atoms with Gasteiger partial charge in [-0.1, -0.05) is 12.1 Å². The number of hydrogen-bond donors (Lipinski definition) is 0. The zero-order valence-electron chi connectivity index (χ0n) is 16.7. The highest BCUT2D eigenvalue weighted by molar-refractivity contribution is 5.92. The molecule has 0 N–H and O–H groups in total. The molecule has 1 aromatic rings. The molecule has 0 bridgehead atoms. The first-order valence-electron chi connectivity index (χ1n) is 9.80. The molecular weight excluding hydrogens is 358 g/mol. The molecule has 2 fully saturated rings. The van der Waals surface area contributed by atoms with Gasteiger partial charge < -0.3 is 19.3 Å². The molecule has 0 aromatic heterocycles. The number of ether oxygens (including phenoxy) is 2. The molecule has 2 aliphatic rings. The minimum atomic E-state index is -0.0320. The van der Waals surface area contributed by atoms with Crippen molar-refractivity contribution >= 4 is 17.9 Å². The smallest absolute Gasteiger partial charge is 0.246 e. The van der Waals surface area contributed by atoms with Gasteiger partial charge in [0.25, 0.3) is 0 Å². The highest BCUT2D eigenvalue weighted by Gasteiger charge is 2.24. The van der Waals surface area contributed by atoms with Crippen LogP contribution in [0.4, 0.5) is 0 Å². The molecule has 0 aliphatic carbocycles. The standard InChI is InChI=1S/C21H29N3O4/c1-27-18-7-5-6-17(21(18)28-2)8-9-19(25)24-14-12-22(13-15-24)16-20(26)23-10-3-4-11-23/h5-9H,3-4,10-16H2,1-2H3. The average molecular weight is 387 g/mol. The van der Waals surface area contributed by atoms with Gasteiger partial charge in [0.15, 0.2) is 11.5 Å². The maximum absolute atomic E-state index is 12.5. The van der Waals surface area contributed by atoms with E-state index in [2.05, 4.69) is 4.90 Å². The van der Waals surface area contributed by atoms with Crippen LogP contribution in [0.5, 0.6) is 11.5 Å². The SMILES string of the molecule is COc1cccc(C=CC(=O)N2CCN(CC(=O)N3CCCC3)CC2)c1OC. The summed E-state index contributed by atoms with van der Waals surface area (Å²) in [6.45, 7) is 4.94. The molecule has 0 radical (unpaired) electrons. The zero-order chi connectivity index (χ0) is 19.9. The van der Waals surface area contributed by atoms with Crippen LogP contribution in [0.3, 0.4) is 0 Å². The molecule has 152 valence electrons. The second kappa shape index (κ2) is 9.59. The minimum absolute atomic E-state index is 0.0320. The second-order valence-electron chi connectivity index (χ2n) is 7.11. The molecule has 0 unspecified atom stereocenters. The van der Waals surface area contributed by atoms with Crippen molar-refractivity contribution in [3.63, 3.8) is 0 Å². The second-order valence-corrected chi connectivity index (χ2v) is 7.11. The molecule has 3 rings (SSSR count). The van der Waals surface area contributed by atoms with Crippen LogP contribution >= 0.6 is 0 Å². The summed E-state index contributed by atoms with van der Waals surface area (Å²) in [7, 11) is 3.17. The minimum Gasteiger partial charge on any atom is -0.493 e. The van der Waals surface area contributed by atoms with Crippen LogP contribution in [0.25, 0.3) is 6.08 Å². The monoisotopic (exact) mass is 387 g/mol. The summed E-state index contributed by atoms with van der Waals surface area (Å²) < 4.78 is 10.7. The molecule has 0 spiro atoms. The van der Waals surface area contributed by atoms with Crippen LogP contribution in [-0.2, 0) is 9.59 Å². The maximum atomic E-state index is 12.5. The Morgan fingerprint density at radius 1 is 0.964 bits per heavy atom. The van der Waals surface area contributed by atoms with Crippen molar-refractivity contribution in [1.29, 1.82) is 0 Å². The summed E-state index contributed by atoms with van der Waals surface area (Å²) in [5.74, 6) is 1.42. The van der Waals surface area contributed by atoms with Gasteiger partial charge in [0, 0.05) is 50.9 Å². The lowest BCUT2D eigenvalue weighted by Crippen LogP contribution is -2.51. The third-order valence-corrected chi connectivity index (χ3v) is 5.34. The molecule has 2 saturated heterocycles. The first kappa shape index (κ1) is 20.2. The van der Waals surface area contributed by atoms with Gasteiger partial charge in [0.2, 0.25) is 11.8 Å². The topological polar surface area (TPSA) is 62.3 Å². The molecular formula is C21H29N3O4. The van der Waals surface area contributed by atoms with Crippen molar-refractivity contribution < 1.29 is 19.1 Å². The van der Waals surface area contributed by atoms with Crippen LogP contribution in [0.15, 0.2) is 24.3 Å². The lowest BCUT2D eigenvalue weighted by atomic mass is 10.1. The summed E-state index contributed by atoms with van der Waals surface area (Å²) in [6.07, 6.45) is 5.55. The number of likely N-dealkylation sites (tertiary alicyclic amines) is 1. The lowest BCUT2D eigenvalue weighted by Gasteiger charge is -2.34. The van der Waals surface area contributed by atoms with Crippen LogP contribution in [-0.4, -0.2) is 86.5 Å². The molecule has 1 aromatic carbocycles. The summed E-state index contributed by atoms with van der Waals surface area (Å²) >= 11 is 0. The van der Waals surface area contributed by atoms with Crippen molar-refractivity contribution in [2.75, 3.05) is 60.0 Å². The summed E-state index contributed by atoms with van der Waals surface area (Å²) in [6, 6.07) is 5.56. The van der Waals surface area contributed by atoms with Gasteiger partial charge in [-0.3, -0.25) is 14.5 Å². The molecule has 0 saturated carbocycles. The maximum Gasteiger partial charge on any atom is 0.246 e. The van der Waals surface area contributed by atoms with Crippen molar-refractivity contribution in [3.8, 4) is 11.5 Å². The molecule has 7 heteroatoms. The largest absolute Gasteiger partial charge is 0.493 e. The van der Waals surface area contributed by atoms with Gasteiger partial charge in [-0.05, 0) is 25.0 Å². The number of carbonyl (C=O) groups excluding carboxylic acids is 2. The van der Waals surface area contributed by atoms with Gasteiger partial charge in [0.05, 0.1) is 20.8 Å². The van der Waals surface area contributed by atoms with E-state index in [1.807, 2.05) is 28.0 Å². The van der Waals surface area contributed by atoms with Crippen molar-refractivity contribution in [2.45, 2.75) is 12.8 Å². The van der Waals surface area contributed by atoms with E-state index < -0.39 is 0 Å². The predicted octanol–water partition coefficient (Wildman–Crippen LogP) is 1.48. The number of methoxy groups -OCH3 is 2. The number of piperazine rings is 1. The Hall–Kier alpha value is -2.54. The summed E-state index contributed by atoms with van der Waals surface area (Å²) in [5.41, 5.74) is 0.796. The molecule has 28 heavy (non-hydrogen) atoms. The molecule has 0 atom stereocenters. The Morgan fingerprint density at radius 2 is 1.68 bits per heavy atom. The Kier molecular flexibility index (Phi) is 6.92. The number of carbonyl (C=O) groups is 2. The predicted molar refractivity (Wildman–Crippen MR) is 107 cm³/mol. The summed E-state index contributed by atoms with van der Waals surface area (Å²) in [5, 5.41) is 0. The number of para-hydroxylation sites is 1. The molecule has 7 nitrogen and oxygen atoms in total. The van der Waals surface area contributed by atoms with E-state index in [1.165, 1.54) is 0 Å². The van der Waals surface area contributed by atoms with Crippen molar-refractivity contribution in [3.05, 3.63) is 29.8 Å². The van der Waals surface area contributed by atoms with E-state index in [9.17, 15) is 9.59 Å². The third kappa shape index (κ3) is 4.84. The quantitative estimate of drug-likeness (QED) is 0.692. The fourth-order valence-electron chi connectivity index (χ4n) is 3.69. The highest BCUT2D eigenvalue weighted by Crippen LogP contribution is 2.31. The number of nitrogens with zero attached hydrogens (tertiary/aromatic N) is 3. The van der Waals surface area contributed by atoms with Crippen LogP contribution < -0.4 is 9.47 Å². The average Bonchev–Trinajstić information content (AvgIpc) is 3.27. The number of benzene rings is 1. The Labute approximate surface area is 166 Å².